The Balaban J connectivity index is 0.00000387. The number of ether oxygens (including phenoxy) is 2. The van der Waals surface area contributed by atoms with Crippen molar-refractivity contribution in [1.82, 2.24) is 19.9 Å². The third kappa shape index (κ3) is 6.21. The van der Waals surface area contributed by atoms with Crippen molar-refractivity contribution in [1.29, 1.82) is 0 Å². The van der Waals surface area contributed by atoms with Gasteiger partial charge in [-0.1, -0.05) is 47.0 Å². The van der Waals surface area contributed by atoms with Gasteiger partial charge in [0.1, 0.15) is 0 Å². The number of hydrogen-bond acceptors (Lipinski definition) is 6. The van der Waals surface area contributed by atoms with Crippen LogP contribution in [0.5, 0.6) is 0 Å². The van der Waals surface area contributed by atoms with Crippen LogP contribution in [0.3, 0.4) is 0 Å². The number of hydrogen-bond donors (Lipinski definition) is 0. The van der Waals surface area contributed by atoms with Gasteiger partial charge in [-0.3, -0.25) is 9.59 Å². The molecule has 1 radical (unpaired) electrons. The molecule has 9 heteroatoms. The minimum atomic E-state index is -0.279. The summed E-state index contributed by atoms with van der Waals surface area (Å²) in [6, 6.07) is 9.96. The molecule has 0 unspecified atom stereocenters. The molecule has 0 amide bonds. The number of allylic oxidation sites excluding steroid dienone is 3. The molecule has 3 aromatic heterocycles. The number of carbonyl (C=O) groups excluding carboxylic acids is 2. The molecule has 2 aliphatic heterocycles. The number of nitrogens with zero attached hydrogens (tertiary/aromatic N) is 4. The maximum absolute atomic E-state index is 12.0. The summed E-state index contributed by atoms with van der Waals surface area (Å²) in [5, 5.41) is 0. The molecule has 0 saturated carbocycles. The number of aromatic nitrogens is 4. The largest absolute Gasteiger partial charge is 2.00 e. The van der Waals surface area contributed by atoms with Crippen molar-refractivity contribution < 1.29 is 35.8 Å². The molecule has 5 rings (SSSR count). The zero-order valence-electron chi connectivity index (χ0n) is 24.0. The van der Waals surface area contributed by atoms with Crippen LogP contribution in [0, 0.1) is 13.8 Å². The van der Waals surface area contributed by atoms with E-state index in [0.717, 1.165) is 78.3 Å². The Bertz CT molecular complexity index is 1760. The van der Waals surface area contributed by atoms with E-state index < -0.39 is 0 Å². The maximum Gasteiger partial charge on any atom is 2.00 e. The maximum atomic E-state index is 12.0. The fourth-order valence-electron chi connectivity index (χ4n) is 5.15. The minimum absolute atomic E-state index is 0. The van der Waals surface area contributed by atoms with E-state index in [4.69, 9.17) is 29.4 Å². The molecule has 5 heterocycles. The van der Waals surface area contributed by atoms with Crippen LogP contribution < -0.4 is 9.97 Å². The summed E-state index contributed by atoms with van der Waals surface area (Å²) < 4.78 is 9.80. The van der Waals surface area contributed by atoms with Crippen molar-refractivity contribution in [2.45, 2.75) is 53.4 Å². The standard InChI is InChI=1S/C32H32N4O4.Co/c1-17-11-22-14-27-19(3)23(7-9-31(37)39-5)29(35-27)16-30-24(8-10-32(38)40-6)20(4)28(36-30)15-26-18(2)12-21(34-26)13-25(17)33-22;/h11-16H,7-10H2,1-6H3;/q-2;+2. The Morgan fingerprint density at radius 2 is 1.44 bits per heavy atom. The van der Waals surface area contributed by atoms with Crippen LogP contribution in [0.15, 0.2) is 30.3 Å². The third-order valence-corrected chi connectivity index (χ3v) is 7.54. The summed E-state index contributed by atoms with van der Waals surface area (Å²) in [4.78, 5) is 43.7. The molecule has 0 aromatic carbocycles. The molecular formula is C32H32CoN4O4. The fourth-order valence-corrected chi connectivity index (χ4v) is 5.15. The van der Waals surface area contributed by atoms with Crippen LogP contribution >= 0.6 is 0 Å². The number of esters is 2. The number of aryl methyl sites for hydroxylation is 3. The molecule has 0 aliphatic carbocycles. The van der Waals surface area contributed by atoms with Gasteiger partial charge in [-0.25, -0.2) is 9.97 Å². The van der Waals surface area contributed by atoms with Crippen molar-refractivity contribution in [3.8, 4) is 0 Å². The molecule has 2 aliphatic rings. The van der Waals surface area contributed by atoms with Crippen molar-refractivity contribution in [3.05, 3.63) is 69.8 Å². The normalized spacial score (nSPS) is 12.6. The average molecular weight is 596 g/mol. The van der Waals surface area contributed by atoms with E-state index in [2.05, 4.69) is 0 Å². The number of rotatable bonds is 6. The van der Waals surface area contributed by atoms with E-state index in [9.17, 15) is 9.59 Å². The van der Waals surface area contributed by atoms with E-state index in [-0.39, 0.29) is 41.6 Å². The van der Waals surface area contributed by atoms with Gasteiger partial charge in [0.15, 0.2) is 0 Å². The van der Waals surface area contributed by atoms with E-state index in [1.165, 1.54) is 14.2 Å². The van der Waals surface area contributed by atoms with Crippen molar-refractivity contribution in [3.63, 3.8) is 0 Å². The first-order valence-electron chi connectivity index (χ1n) is 13.3. The average Bonchev–Trinajstić information content (AvgIpc) is 3.62. The van der Waals surface area contributed by atoms with Gasteiger partial charge in [0.2, 0.25) is 0 Å². The summed E-state index contributed by atoms with van der Waals surface area (Å²) in [5.74, 6) is -0.558. The first kappa shape index (κ1) is 30.0. The molecular weight excluding hydrogens is 563 g/mol. The predicted molar refractivity (Wildman–Crippen MR) is 156 cm³/mol. The summed E-state index contributed by atoms with van der Waals surface area (Å²) in [5.41, 5.74) is 12.4. The second kappa shape index (κ2) is 12.3. The first-order valence-corrected chi connectivity index (χ1v) is 13.3. The predicted octanol–water partition coefficient (Wildman–Crippen LogP) is 5.74. The Hall–Kier alpha value is -3.95. The van der Waals surface area contributed by atoms with Gasteiger partial charge >= 0.3 is 28.7 Å². The van der Waals surface area contributed by atoms with E-state index in [1.54, 1.807) is 0 Å². The minimum Gasteiger partial charge on any atom is -0.658 e. The van der Waals surface area contributed by atoms with Crippen LogP contribution in [0.25, 0.3) is 44.9 Å². The summed E-state index contributed by atoms with van der Waals surface area (Å²) in [7, 11) is 2.79. The van der Waals surface area contributed by atoms with Crippen LogP contribution in [0.2, 0.25) is 0 Å². The monoisotopic (exact) mass is 595 g/mol. The Labute approximate surface area is 249 Å². The topological polar surface area (TPSA) is 107 Å². The molecule has 213 valence electrons. The Morgan fingerprint density at radius 1 is 0.756 bits per heavy atom. The van der Waals surface area contributed by atoms with E-state index in [0.29, 0.717) is 12.8 Å². The van der Waals surface area contributed by atoms with E-state index >= 15 is 0 Å². The zero-order valence-corrected chi connectivity index (χ0v) is 25.1. The molecule has 8 bridgehead atoms. The SMILES string of the molecule is COC(=O)CCC1=C(C)c2cc3[n-]c(cc4nc(cc5[n-]c(cc1n2)c(CCC(=O)OC)c5C)C=C4C)cc3C.[Co+2]. The van der Waals surface area contributed by atoms with Gasteiger partial charge in [-0.2, -0.15) is 0 Å². The zero-order chi connectivity index (χ0) is 28.6. The summed E-state index contributed by atoms with van der Waals surface area (Å²) in [6.07, 6.45) is 3.47. The van der Waals surface area contributed by atoms with Gasteiger partial charge in [-0.15, -0.1) is 22.1 Å². The van der Waals surface area contributed by atoms with Gasteiger partial charge in [0.05, 0.1) is 37.0 Å². The van der Waals surface area contributed by atoms with Crippen molar-refractivity contribution >= 4 is 56.8 Å². The van der Waals surface area contributed by atoms with Crippen LogP contribution in [0.1, 0.15) is 72.6 Å². The van der Waals surface area contributed by atoms with Crippen LogP contribution in [-0.4, -0.2) is 36.1 Å². The number of methoxy groups -OCH3 is 2. The smallest absolute Gasteiger partial charge is 0.658 e. The molecule has 0 saturated heterocycles. The van der Waals surface area contributed by atoms with Gasteiger partial charge < -0.3 is 19.4 Å². The van der Waals surface area contributed by atoms with Gasteiger partial charge in [0, 0.05) is 12.8 Å². The summed E-state index contributed by atoms with van der Waals surface area (Å²) >= 11 is 0. The molecule has 0 N–H and O–H groups in total. The Morgan fingerprint density at radius 3 is 2.15 bits per heavy atom. The first-order chi connectivity index (χ1) is 19.2. The molecule has 0 atom stereocenters. The third-order valence-electron chi connectivity index (χ3n) is 7.54. The number of fused-ring (bicyclic) bond motifs is 8. The van der Waals surface area contributed by atoms with Crippen molar-refractivity contribution in [2.24, 2.45) is 0 Å². The Kier molecular flexibility index (Phi) is 8.99. The van der Waals surface area contributed by atoms with Crippen LogP contribution in [0.4, 0.5) is 0 Å². The van der Waals surface area contributed by atoms with Gasteiger partial charge in [0.25, 0.3) is 0 Å². The molecule has 41 heavy (non-hydrogen) atoms. The molecule has 0 spiro atoms. The fraction of sp³-hybridized carbons (Fsp3) is 0.312. The molecule has 0 fully saturated rings. The van der Waals surface area contributed by atoms with Crippen molar-refractivity contribution in [2.75, 3.05) is 14.2 Å². The number of carbonyl (C=O) groups is 2. The molecule has 8 nitrogen and oxygen atoms in total. The van der Waals surface area contributed by atoms with E-state index in [1.807, 2.05) is 64.1 Å². The second-order valence-electron chi connectivity index (χ2n) is 10.2. The second-order valence-corrected chi connectivity index (χ2v) is 10.2. The molecule has 3 aromatic rings. The van der Waals surface area contributed by atoms with Crippen LogP contribution in [-0.2, 0) is 42.3 Å². The summed E-state index contributed by atoms with van der Waals surface area (Å²) in [6.45, 7) is 8.10. The van der Waals surface area contributed by atoms with Gasteiger partial charge in [-0.05, 0) is 63.3 Å². The quantitative estimate of drug-likeness (QED) is 0.333.